The first-order valence-electron chi connectivity index (χ1n) is 7.19. The van der Waals surface area contributed by atoms with Crippen LogP contribution in [0.25, 0.3) is 0 Å². The van der Waals surface area contributed by atoms with Gasteiger partial charge < -0.3 is 15.2 Å². The van der Waals surface area contributed by atoms with Gasteiger partial charge >= 0.3 is 12.1 Å². The Kier molecular flexibility index (Phi) is 2.85. The molecule has 2 atom stereocenters. The predicted molar refractivity (Wildman–Crippen MR) is 71.7 cm³/mol. The van der Waals surface area contributed by atoms with E-state index >= 15 is 0 Å². The maximum atomic E-state index is 11.9. The molecule has 20 heavy (non-hydrogen) atoms. The molecule has 4 aliphatic carbocycles. The summed E-state index contributed by atoms with van der Waals surface area (Å²) in [5, 5.41) is 0. The molecule has 110 valence electrons. The van der Waals surface area contributed by atoms with Gasteiger partial charge in [-0.3, -0.25) is 0 Å². The third-order valence-corrected chi connectivity index (χ3v) is 4.93. The van der Waals surface area contributed by atoms with Crippen molar-refractivity contribution in [2.24, 2.45) is 17.6 Å². The Bertz CT molecular complexity index is 470. The number of hydrogen-bond donors (Lipinski definition) is 1. The van der Waals surface area contributed by atoms with Crippen molar-refractivity contribution >= 4 is 12.1 Å². The summed E-state index contributed by atoms with van der Waals surface area (Å²) in [5.74, 6) is 0.559. The van der Waals surface area contributed by atoms with Gasteiger partial charge in [0.25, 0.3) is 0 Å². The Morgan fingerprint density at radius 2 is 1.60 bits per heavy atom. The molecular weight excluding hydrogens is 258 g/mol. The molecule has 0 heterocycles. The highest BCUT2D eigenvalue weighted by molar-refractivity contribution is 5.87. The van der Waals surface area contributed by atoms with E-state index < -0.39 is 17.3 Å². The molecule has 4 bridgehead atoms. The van der Waals surface area contributed by atoms with Crippen LogP contribution in [0.3, 0.4) is 0 Å². The van der Waals surface area contributed by atoms with Crippen LogP contribution in [0.15, 0.2) is 12.2 Å². The third-order valence-electron chi connectivity index (χ3n) is 4.93. The van der Waals surface area contributed by atoms with Gasteiger partial charge in [-0.25, -0.2) is 9.59 Å². The van der Waals surface area contributed by atoms with Crippen molar-refractivity contribution in [3.63, 3.8) is 0 Å². The Labute approximate surface area is 118 Å². The molecule has 4 rings (SSSR count). The van der Waals surface area contributed by atoms with E-state index in [1.54, 1.807) is 6.92 Å². The van der Waals surface area contributed by atoms with Gasteiger partial charge in [0.2, 0.25) is 0 Å². The van der Waals surface area contributed by atoms with Crippen molar-refractivity contribution in [2.45, 2.75) is 56.7 Å². The van der Waals surface area contributed by atoms with Crippen molar-refractivity contribution in [3.05, 3.63) is 12.2 Å². The average molecular weight is 279 g/mol. The highest BCUT2D eigenvalue weighted by Crippen LogP contribution is 2.60. The number of primary amides is 1. The molecule has 0 aliphatic heterocycles. The van der Waals surface area contributed by atoms with Gasteiger partial charge in [0.05, 0.1) is 0 Å². The molecule has 4 aliphatic rings. The minimum atomic E-state index is -0.728. The summed E-state index contributed by atoms with van der Waals surface area (Å²) in [6, 6.07) is 0. The fourth-order valence-corrected chi connectivity index (χ4v) is 4.83. The second kappa shape index (κ2) is 4.24. The molecule has 0 aromatic heterocycles. The molecule has 2 N–H and O–H groups in total. The van der Waals surface area contributed by atoms with Crippen LogP contribution in [0.5, 0.6) is 0 Å². The van der Waals surface area contributed by atoms with Crippen molar-refractivity contribution < 1.29 is 19.1 Å². The minimum absolute atomic E-state index is 0.346. The summed E-state index contributed by atoms with van der Waals surface area (Å²) in [7, 11) is 0. The number of amides is 1. The van der Waals surface area contributed by atoms with E-state index in [1.807, 2.05) is 0 Å². The quantitative estimate of drug-likeness (QED) is 0.635. The van der Waals surface area contributed by atoms with Gasteiger partial charge in [-0.15, -0.1) is 0 Å². The first-order valence-corrected chi connectivity index (χ1v) is 7.19. The third kappa shape index (κ3) is 2.19. The van der Waals surface area contributed by atoms with Crippen LogP contribution in [0.2, 0.25) is 0 Å². The van der Waals surface area contributed by atoms with Crippen molar-refractivity contribution in [2.75, 3.05) is 0 Å². The van der Waals surface area contributed by atoms with Crippen LogP contribution >= 0.6 is 0 Å². The maximum absolute atomic E-state index is 11.9. The number of esters is 1. The summed E-state index contributed by atoms with van der Waals surface area (Å²) in [6.07, 6.45) is 4.41. The fourth-order valence-electron chi connectivity index (χ4n) is 4.83. The zero-order chi connectivity index (χ0) is 14.5. The zero-order valence-electron chi connectivity index (χ0n) is 11.8. The first-order chi connectivity index (χ1) is 9.31. The number of hydrogen-bond acceptors (Lipinski definition) is 4. The lowest BCUT2D eigenvalue weighted by molar-refractivity contribution is -0.216. The van der Waals surface area contributed by atoms with Crippen molar-refractivity contribution in [3.8, 4) is 0 Å². The Hall–Kier alpha value is -1.52. The lowest BCUT2D eigenvalue weighted by Gasteiger charge is -2.59. The van der Waals surface area contributed by atoms with E-state index in [4.69, 9.17) is 15.2 Å². The van der Waals surface area contributed by atoms with Gasteiger partial charge in [-0.2, -0.15) is 0 Å². The van der Waals surface area contributed by atoms with Gasteiger partial charge in [-0.05, 0) is 50.9 Å². The van der Waals surface area contributed by atoms with Gasteiger partial charge in [0, 0.05) is 12.0 Å². The van der Waals surface area contributed by atoms with Crippen LogP contribution in [0, 0.1) is 11.8 Å². The summed E-state index contributed by atoms with van der Waals surface area (Å²) in [5.41, 5.74) is 4.62. The van der Waals surface area contributed by atoms with E-state index in [9.17, 15) is 9.59 Å². The Morgan fingerprint density at radius 3 is 2.05 bits per heavy atom. The van der Waals surface area contributed by atoms with Gasteiger partial charge in [0.15, 0.2) is 0 Å². The molecule has 5 heteroatoms. The predicted octanol–water partition coefficient (Wildman–Crippen LogP) is 2.29. The van der Waals surface area contributed by atoms with Gasteiger partial charge in [-0.1, -0.05) is 6.58 Å². The van der Waals surface area contributed by atoms with Crippen LogP contribution < -0.4 is 5.73 Å². The smallest absolute Gasteiger partial charge is 0.405 e. The van der Waals surface area contributed by atoms with Crippen LogP contribution in [0.1, 0.15) is 45.4 Å². The second-order valence-corrected chi connectivity index (χ2v) is 6.92. The van der Waals surface area contributed by atoms with Gasteiger partial charge in [0.1, 0.15) is 11.2 Å². The SMILES string of the molecule is C=C(C)C(=O)OC12CC3CC(CC(OC(N)=O)(C3)C1)C2. The standard InChI is InChI=1S/C15H21NO4/c1-9(2)12(17)19-14-4-10-3-11(5-14)7-15(6-10,8-14)20-13(16)18/h10-11H,1,3-8H2,2H3,(H2,16,18). The van der Waals surface area contributed by atoms with Crippen molar-refractivity contribution in [1.29, 1.82) is 0 Å². The van der Waals surface area contributed by atoms with E-state index in [-0.39, 0.29) is 5.97 Å². The van der Waals surface area contributed by atoms with E-state index in [0.717, 1.165) is 32.1 Å². The largest absolute Gasteiger partial charge is 0.456 e. The highest BCUT2D eigenvalue weighted by Gasteiger charge is 2.61. The maximum Gasteiger partial charge on any atom is 0.405 e. The topological polar surface area (TPSA) is 78.6 Å². The number of carbonyl (C=O) groups is 2. The summed E-state index contributed by atoms with van der Waals surface area (Å²) in [4.78, 5) is 23.1. The zero-order valence-corrected chi connectivity index (χ0v) is 11.8. The molecule has 5 nitrogen and oxygen atoms in total. The molecule has 1 amide bonds. The molecule has 4 fully saturated rings. The Balaban J connectivity index is 1.85. The number of carbonyl (C=O) groups excluding carboxylic acids is 2. The van der Waals surface area contributed by atoms with E-state index in [0.29, 0.717) is 23.8 Å². The normalized spacial score (nSPS) is 41.2. The number of ether oxygens (including phenoxy) is 2. The fraction of sp³-hybridized carbons (Fsp3) is 0.733. The monoisotopic (exact) mass is 279 g/mol. The molecule has 0 saturated heterocycles. The molecule has 4 saturated carbocycles. The molecule has 2 unspecified atom stereocenters. The molecule has 0 aromatic rings. The average Bonchev–Trinajstić information content (AvgIpc) is 2.23. The molecule has 0 aromatic carbocycles. The molecule has 0 radical (unpaired) electrons. The molecule has 0 spiro atoms. The van der Waals surface area contributed by atoms with Crippen molar-refractivity contribution in [1.82, 2.24) is 0 Å². The van der Waals surface area contributed by atoms with Crippen LogP contribution in [-0.4, -0.2) is 23.3 Å². The number of nitrogens with two attached hydrogens (primary N) is 1. The summed E-state index contributed by atoms with van der Waals surface area (Å²) < 4.78 is 11.2. The van der Waals surface area contributed by atoms with Crippen LogP contribution in [-0.2, 0) is 14.3 Å². The summed E-state index contributed by atoms with van der Waals surface area (Å²) >= 11 is 0. The van der Waals surface area contributed by atoms with E-state index in [1.165, 1.54) is 0 Å². The first kappa shape index (κ1) is 13.5. The van der Waals surface area contributed by atoms with Crippen LogP contribution in [0.4, 0.5) is 4.79 Å². The minimum Gasteiger partial charge on any atom is -0.456 e. The lowest BCUT2D eigenvalue weighted by Crippen LogP contribution is -2.62. The summed E-state index contributed by atoms with van der Waals surface area (Å²) in [6.45, 7) is 5.29. The van der Waals surface area contributed by atoms with E-state index in [2.05, 4.69) is 6.58 Å². The lowest BCUT2D eigenvalue weighted by atomic mass is 9.52. The number of rotatable bonds is 3. The second-order valence-electron chi connectivity index (χ2n) is 6.92. The Morgan fingerprint density at radius 1 is 1.10 bits per heavy atom. The highest BCUT2D eigenvalue weighted by atomic mass is 16.6. The molecular formula is C15H21NO4.